The molecule has 0 unspecified atom stereocenters. The topological polar surface area (TPSA) is 73.2 Å². The molecule has 0 spiro atoms. The fraction of sp³-hybridized carbons (Fsp3) is 0.706. The Hall–Kier alpha value is -1.85. The molecule has 1 aromatic heterocycles. The van der Waals surface area contributed by atoms with E-state index in [0.29, 0.717) is 0 Å². The minimum atomic E-state index is -0.398. The van der Waals surface area contributed by atoms with Gasteiger partial charge >= 0.3 is 5.97 Å². The lowest BCUT2D eigenvalue weighted by atomic mass is 9.94. The summed E-state index contributed by atoms with van der Waals surface area (Å²) in [6.45, 7) is 5.68. The van der Waals surface area contributed by atoms with Crippen molar-refractivity contribution in [2.45, 2.75) is 65.0 Å². The van der Waals surface area contributed by atoms with Gasteiger partial charge in [-0.2, -0.15) is 5.10 Å². The monoisotopic (exact) mass is 321 g/mol. The molecule has 0 aromatic carbocycles. The molecule has 0 saturated heterocycles. The van der Waals surface area contributed by atoms with Crippen molar-refractivity contribution in [1.29, 1.82) is 0 Å². The van der Waals surface area contributed by atoms with Crippen molar-refractivity contribution in [1.82, 2.24) is 15.1 Å². The van der Waals surface area contributed by atoms with Crippen molar-refractivity contribution in [2.24, 2.45) is 5.92 Å². The Kier molecular flexibility index (Phi) is 5.80. The number of amides is 1. The van der Waals surface area contributed by atoms with E-state index in [-0.39, 0.29) is 23.8 Å². The molecule has 1 amide bonds. The van der Waals surface area contributed by atoms with Gasteiger partial charge in [0.25, 0.3) is 0 Å². The summed E-state index contributed by atoms with van der Waals surface area (Å²) in [5, 5.41) is 7.44. The molecule has 1 saturated carbocycles. The first-order valence-electron chi connectivity index (χ1n) is 8.35. The van der Waals surface area contributed by atoms with E-state index < -0.39 is 6.04 Å². The molecular formula is C17H27N3O3. The number of nitrogens with one attached hydrogen (secondary N) is 1. The van der Waals surface area contributed by atoms with Crippen LogP contribution < -0.4 is 5.32 Å². The molecule has 3 atom stereocenters. The molecule has 0 radical (unpaired) electrons. The fourth-order valence-corrected chi connectivity index (χ4v) is 3.37. The van der Waals surface area contributed by atoms with Crippen LogP contribution in [-0.2, 0) is 14.3 Å². The molecule has 23 heavy (non-hydrogen) atoms. The number of esters is 1. The second-order valence-electron chi connectivity index (χ2n) is 6.43. The lowest BCUT2D eigenvalue weighted by molar-refractivity contribution is -0.147. The third kappa shape index (κ3) is 4.12. The van der Waals surface area contributed by atoms with Gasteiger partial charge in [0.1, 0.15) is 6.04 Å². The summed E-state index contributed by atoms with van der Waals surface area (Å²) in [6.07, 6.45) is 4.69. The number of carbonyl (C=O) groups is 2. The quantitative estimate of drug-likeness (QED) is 0.682. The van der Waals surface area contributed by atoms with Crippen molar-refractivity contribution in [3.05, 3.63) is 17.5 Å². The van der Waals surface area contributed by atoms with Crippen LogP contribution in [-0.4, -0.2) is 34.8 Å². The third-order valence-electron chi connectivity index (χ3n) is 4.64. The number of hydrogen-bond donors (Lipinski definition) is 1. The summed E-state index contributed by atoms with van der Waals surface area (Å²) in [5.41, 5.74) is 1.85. The van der Waals surface area contributed by atoms with Crippen molar-refractivity contribution >= 4 is 11.9 Å². The Morgan fingerprint density at radius 2 is 2.00 bits per heavy atom. The minimum absolute atomic E-state index is 0.1000. The molecule has 2 rings (SSSR count). The molecule has 1 aliphatic carbocycles. The Balaban J connectivity index is 2.09. The van der Waals surface area contributed by atoms with E-state index in [9.17, 15) is 9.59 Å². The van der Waals surface area contributed by atoms with Gasteiger partial charge in [0.05, 0.1) is 18.7 Å². The molecule has 6 heteroatoms. The van der Waals surface area contributed by atoms with Crippen LogP contribution in [0.1, 0.15) is 56.5 Å². The molecule has 1 aliphatic rings. The number of methoxy groups -OCH3 is 1. The molecule has 6 nitrogen and oxygen atoms in total. The zero-order valence-electron chi connectivity index (χ0n) is 14.5. The summed E-state index contributed by atoms with van der Waals surface area (Å²) in [7, 11) is 1.41. The molecule has 128 valence electrons. The molecular weight excluding hydrogens is 294 g/mol. The number of aryl methyl sites for hydroxylation is 2. The van der Waals surface area contributed by atoms with Crippen LogP contribution in [0.5, 0.6) is 0 Å². The minimum Gasteiger partial charge on any atom is -0.469 e. The van der Waals surface area contributed by atoms with Crippen molar-refractivity contribution in [2.75, 3.05) is 7.11 Å². The average Bonchev–Trinajstić information content (AvgIpc) is 2.73. The Morgan fingerprint density at radius 3 is 2.61 bits per heavy atom. The number of hydrogen-bond acceptors (Lipinski definition) is 4. The summed E-state index contributed by atoms with van der Waals surface area (Å²) >= 11 is 0. The number of nitrogens with zero attached hydrogens (tertiary/aromatic N) is 2. The summed E-state index contributed by atoms with van der Waals surface area (Å²) in [6, 6.07) is 1.40. The van der Waals surface area contributed by atoms with Crippen molar-refractivity contribution in [3.8, 4) is 0 Å². The van der Waals surface area contributed by atoms with Crippen LogP contribution in [0.3, 0.4) is 0 Å². The van der Waals surface area contributed by atoms with E-state index >= 15 is 0 Å². The van der Waals surface area contributed by atoms with Crippen LogP contribution in [0.25, 0.3) is 0 Å². The summed E-state index contributed by atoms with van der Waals surface area (Å²) in [5.74, 6) is -0.577. The van der Waals surface area contributed by atoms with Crippen LogP contribution in [0.4, 0.5) is 0 Å². The van der Waals surface area contributed by atoms with E-state index in [4.69, 9.17) is 4.74 Å². The average molecular weight is 321 g/mol. The highest BCUT2D eigenvalue weighted by Crippen LogP contribution is 2.25. The Labute approximate surface area is 137 Å². The van der Waals surface area contributed by atoms with Crippen LogP contribution in [0.15, 0.2) is 6.07 Å². The van der Waals surface area contributed by atoms with Gasteiger partial charge in [-0.3, -0.25) is 14.3 Å². The Morgan fingerprint density at radius 1 is 1.30 bits per heavy atom. The van der Waals surface area contributed by atoms with E-state index in [1.165, 1.54) is 7.11 Å². The maximum atomic E-state index is 12.6. The van der Waals surface area contributed by atoms with Gasteiger partial charge in [0, 0.05) is 11.7 Å². The molecule has 1 aromatic rings. The van der Waals surface area contributed by atoms with E-state index in [1.54, 1.807) is 4.68 Å². The molecule has 0 aliphatic heterocycles. The second-order valence-corrected chi connectivity index (χ2v) is 6.43. The number of carbonyl (C=O) groups excluding carboxylic acids is 2. The Bertz CT molecular complexity index is 567. The van der Waals surface area contributed by atoms with Gasteiger partial charge in [-0.15, -0.1) is 0 Å². The first kappa shape index (κ1) is 17.5. The lowest BCUT2D eigenvalue weighted by Crippen LogP contribution is -2.45. The largest absolute Gasteiger partial charge is 0.469 e. The zero-order chi connectivity index (χ0) is 17.0. The predicted molar refractivity (Wildman–Crippen MR) is 86.9 cm³/mol. The SMILES string of the molecule is COC(=O)[C@@H]1CCCCC[C@H]1NC(=O)[C@@H](C)n1nc(C)cc1C. The second kappa shape index (κ2) is 7.62. The smallest absolute Gasteiger partial charge is 0.310 e. The van der Waals surface area contributed by atoms with Gasteiger partial charge in [-0.05, 0) is 39.7 Å². The highest BCUT2D eigenvalue weighted by Gasteiger charge is 2.32. The van der Waals surface area contributed by atoms with Gasteiger partial charge in [-0.1, -0.05) is 19.3 Å². The molecule has 1 N–H and O–H groups in total. The number of rotatable bonds is 4. The summed E-state index contributed by atoms with van der Waals surface area (Å²) < 4.78 is 6.65. The van der Waals surface area contributed by atoms with Crippen LogP contribution in [0.2, 0.25) is 0 Å². The lowest BCUT2D eigenvalue weighted by Gasteiger charge is -2.26. The van der Waals surface area contributed by atoms with Gasteiger partial charge in [-0.25, -0.2) is 0 Å². The zero-order valence-corrected chi connectivity index (χ0v) is 14.5. The van der Waals surface area contributed by atoms with Gasteiger partial charge < -0.3 is 10.1 Å². The first-order valence-corrected chi connectivity index (χ1v) is 8.35. The van der Waals surface area contributed by atoms with Crippen molar-refractivity contribution in [3.63, 3.8) is 0 Å². The molecule has 0 bridgehead atoms. The van der Waals surface area contributed by atoms with Crippen molar-refractivity contribution < 1.29 is 14.3 Å². The van der Waals surface area contributed by atoms with E-state index in [2.05, 4.69) is 10.4 Å². The molecule has 1 heterocycles. The van der Waals surface area contributed by atoms with Crippen LogP contribution in [0, 0.1) is 19.8 Å². The number of ether oxygens (including phenoxy) is 1. The van der Waals surface area contributed by atoms with E-state index in [1.807, 2.05) is 26.8 Å². The van der Waals surface area contributed by atoms with Gasteiger partial charge in [0.15, 0.2) is 0 Å². The fourth-order valence-electron chi connectivity index (χ4n) is 3.37. The predicted octanol–water partition coefficient (Wildman–Crippen LogP) is 2.30. The van der Waals surface area contributed by atoms with E-state index in [0.717, 1.165) is 43.5 Å². The highest BCUT2D eigenvalue weighted by atomic mass is 16.5. The first-order chi connectivity index (χ1) is 10.9. The van der Waals surface area contributed by atoms with Gasteiger partial charge in [0.2, 0.25) is 5.91 Å². The summed E-state index contributed by atoms with van der Waals surface area (Å²) in [4.78, 5) is 24.6. The maximum Gasteiger partial charge on any atom is 0.310 e. The standard InChI is InChI=1S/C17H27N3O3/c1-11-10-12(2)20(19-11)13(3)16(21)18-15-9-7-5-6-8-14(15)17(22)23-4/h10,13-15H,5-9H2,1-4H3,(H,18,21)/t13-,14-,15-/m1/s1. The maximum absolute atomic E-state index is 12.6. The third-order valence-corrected chi connectivity index (χ3v) is 4.64. The number of aromatic nitrogens is 2. The normalized spacial score (nSPS) is 23.0. The molecule has 1 fully saturated rings. The van der Waals surface area contributed by atoms with Crippen LogP contribution >= 0.6 is 0 Å². The highest BCUT2D eigenvalue weighted by molar-refractivity contribution is 5.81.